The first-order valence-corrected chi connectivity index (χ1v) is 9.71. The maximum absolute atomic E-state index is 12.4. The summed E-state index contributed by atoms with van der Waals surface area (Å²) < 4.78 is 1.38. The number of para-hydroxylation sites is 1. The molecule has 1 aromatic carbocycles. The average Bonchev–Trinajstić information content (AvgIpc) is 3.07. The second-order valence-corrected chi connectivity index (χ2v) is 7.09. The predicted molar refractivity (Wildman–Crippen MR) is 108 cm³/mol. The molecule has 0 saturated carbocycles. The molecule has 1 amide bonds. The van der Waals surface area contributed by atoms with Gasteiger partial charge in [0.15, 0.2) is 5.82 Å². The molecule has 3 N–H and O–H groups in total. The molecule has 0 saturated heterocycles. The number of carbonyl (C=O) groups is 1. The van der Waals surface area contributed by atoms with Crippen molar-refractivity contribution in [2.24, 2.45) is 0 Å². The molecule has 0 aliphatic rings. The van der Waals surface area contributed by atoms with Gasteiger partial charge in [0, 0.05) is 23.6 Å². The molecular weight excluding hydrogens is 360 g/mol. The second kappa shape index (κ2) is 8.68. The molecule has 2 heterocycles. The van der Waals surface area contributed by atoms with E-state index in [9.17, 15) is 4.79 Å². The minimum Gasteiger partial charge on any atom is -0.335 e. The number of hydrogen-bond acceptors (Lipinski definition) is 6. The van der Waals surface area contributed by atoms with Crippen LogP contribution in [0.15, 0.2) is 53.9 Å². The van der Waals surface area contributed by atoms with Crippen molar-refractivity contribution in [2.45, 2.75) is 31.3 Å². The summed E-state index contributed by atoms with van der Waals surface area (Å²) in [6.45, 7) is 4.28. The van der Waals surface area contributed by atoms with Crippen molar-refractivity contribution in [1.29, 1.82) is 0 Å². The predicted octanol–water partition coefficient (Wildman–Crippen LogP) is 3.30. The number of amides is 1. The molecule has 0 aliphatic carbocycles. The molecule has 8 heteroatoms. The van der Waals surface area contributed by atoms with E-state index in [0.717, 1.165) is 23.2 Å². The van der Waals surface area contributed by atoms with Crippen LogP contribution in [0.2, 0.25) is 0 Å². The van der Waals surface area contributed by atoms with Crippen LogP contribution in [0.5, 0.6) is 0 Å². The Labute approximate surface area is 162 Å². The number of thioether (sulfide) groups is 1. The Kier molecular flexibility index (Phi) is 6.08. The lowest BCUT2D eigenvalue weighted by atomic mass is 9.97. The lowest BCUT2D eigenvalue weighted by Gasteiger charge is -2.15. The largest absolute Gasteiger partial charge is 0.335 e. The van der Waals surface area contributed by atoms with Crippen molar-refractivity contribution in [3.63, 3.8) is 0 Å². The van der Waals surface area contributed by atoms with E-state index in [2.05, 4.69) is 34.3 Å². The number of anilines is 1. The fourth-order valence-corrected chi connectivity index (χ4v) is 3.30. The summed E-state index contributed by atoms with van der Waals surface area (Å²) in [4.78, 5) is 16.5. The van der Waals surface area contributed by atoms with E-state index in [1.54, 1.807) is 18.5 Å². The molecule has 7 nitrogen and oxygen atoms in total. The van der Waals surface area contributed by atoms with Crippen LogP contribution in [0, 0.1) is 0 Å². The monoisotopic (exact) mass is 382 g/mol. The third kappa shape index (κ3) is 4.46. The van der Waals surface area contributed by atoms with Crippen LogP contribution < -0.4 is 11.2 Å². The number of carbonyl (C=O) groups excluding carboxylic acids is 1. The van der Waals surface area contributed by atoms with Gasteiger partial charge >= 0.3 is 0 Å². The molecule has 0 aliphatic heterocycles. The Bertz CT molecular complexity index is 912. The van der Waals surface area contributed by atoms with Gasteiger partial charge in [-0.05, 0) is 36.1 Å². The third-order valence-electron chi connectivity index (χ3n) is 4.29. The average molecular weight is 382 g/mol. The Morgan fingerprint density at radius 3 is 2.81 bits per heavy atom. The summed E-state index contributed by atoms with van der Waals surface area (Å²) in [5, 5.41) is 11.6. The highest BCUT2D eigenvalue weighted by molar-refractivity contribution is 7.99. The standard InChI is InChI=1S/C19H22N6OS/c1-3-13(2)15-8-4-5-9-16(15)22-17(26)12-27-19-24-23-18(25(19)20)14-7-6-10-21-11-14/h4-11,13H,3,12,20H2,1-2H3,(H,22,26)/t13-/m1/s1. The van der Waals surface area contributed by atoms with Crippen LogP contribution in [0.1, 0.15) is 31.7 Å². The molecule has 0 spiro atoms. The van der Waals surface area contributed by atoms with E-state index in [0.29, 0.717) is 16.9 Å². The van der Waals surface area contributed by atoms with E-state index in [-0.39, 0.29) is 11.7 Å². The van der Waals surface area contributed by atoms with E-state index >= 15 is 0 Å². The van der Waals surface area contributed by atoms with Crippen LogP contribution in [-0.4, -0.2) is 31.5 Å². The second-order valence-electron chi connectivity index (χ2n) is 6.15. The van der Waals surface area contributed by atoms with Gasteiger partial charge in [0.25, 0.3) is 0 Å². The van der Waals surface area contributed by atoms with Crippen molar-refractivity contribution >= 4 is 23.4 Å². The maximum Gasteiger partial charge on any atom is 0.234 e. The number of aromatic nitrogens is 4. The highest BCUT2D eigenvalue weighted by Crippen LogP contribution is 2.27. The molecule has 27 heavy (non-hydrogen) atoms. The molecule has 3 aromatic rings. The van der Waals surface area contributed by atoms with E-state index in [4.69, 9.17) is 5.84 Å². The van der Waals surface area contributed by atoms with E-state index in [1.807, 2.05) is 30.3 Å². The molecule has 0 bridgehead atoms. The van der Waals surface area contributed by atoms with Crippen molar-refractivity contribution in [1.82, 2.24) is 19.9 Å². The summed E-state index contributed by atoms with van der Waals surface area (Å²) in [5.74, 6) is 7.04. The smallest absolute Gasteiger partial charge is 0.234 e. The zero-order chi connectivity index (χ0) is 19.2. The number of nitrogens with one attached hydrogen (secondary N) is 1. The molecular formula is C19H22N6OS. The van der Waals surface area contributed by atoms with Crippen molar-refractivity contribution < 1.29 is 4.79 Å². The zero-order valence-corrected chi connectivity index (χ0v) is 16.1. The van der Waals surface area contributed by atoms with E-state index < -0.39 is 0 Å². The van der Waals surface area contributed by atoms with Gasteiger partial charge in [-0.2, -0.15) is 0 Å². The summed E-state index contributed by atoms with van der Waals surface area (Å²) in [7, 11) is 0. The number of pyridine rings is 1. The van der Waals surface area contributed by atoms with Gasteiger partial charge in [-0.1, -0.05) is 43.8 Å². The molecule has 2 aromatic heterocycles. The Balaban J connectivity index is 1.65. The van der Waals surface area contributed by atoms with Crippen LogP contribution in [0.3, 0.4) is 0 Å². The van der Waals surface area contributed by atoms with Gasteiger partial charge in [-0.25, -0.2) is 4.68 Å². The number of nitrogens with zero attached hydrogens (tertiary/aromatic N) is 4. The highest BCUT2D eigenvalue weighted by atomic mass is 32.2. The Morgan fingerprint density at radius 2 is 2.07 bits per heavy atom. The molecule has 1 atom stereocenters. The third-order valence-corrected chi connectivity index (χ3v) is 5.24. The van der Waals surface area contributed by atoms with Gasteiger partial charge in [0.1, 0.15) is 0 Å². The maximum atomic E-state index is 12.4. The minimum atomic E-state index is -0.110. The van der Waals surface area contributed by atoms with Crippen molar-refractivity contribution in [3.8, 4) is 11.4 Å². The summed E-state index contributed by atoms with van der Waals surface area (Å²) in [5.41, 5.74) is 2.76. The SMILES string of the molecule is CC[C@@H](C)c1ccccc1NC(=O)CSc1nnc(-c2cccnc2)n1N. The van der Waals surface area contributed by atoms with Crippen LogP contribution in [-0.2, 0) is 4.79 Å². The molecule has 0 radical (unpaired) electrons. The molecule has 140 valence electrons. The minimum absolute atomic E-state index is 0.110. The Morgan fingerprint density at radius 1 is 1.26 bits per heavy atom. The first kappa shape index (κ1) is 18.9. The summed E-state index contributed by atoms with van der Waals surface area (Å²) in [6.07, 6.45) is 4.35. The number of benzene rings is 1. The number of rotatable bonds is 7. The molecule has 0 fully saturated rings. The van der Waals surface area contributed by atoms with Crippen molar-refractivity contribution in [3.05, 3.63) is 54.4 Å². The lowest BCUT2D eigenvalue weighted by molar-refractivity contribution is -0.113. The van der Waals surface area contributed by atoms with Gasteiger partial charge in [0.2, 0.25) is 11.1 Å². The first-order chi connectivity index (χ1) is 13.1. The molecule has 0 unspecified atom stereocenters. The zero-order valence-electron chi connectivity index (χ0n) is 15.3. The van der Waals surface area contributed by atoms with Gasteiger partial charge in [0.05, 0.1) is 5.75 Å². The lowest BCUT2D eigenvalue weighted by Crippen LogP contribution is -2.17. The van der Waals surface area contributed by atoms with Crippen LogP contribution in [0.25, 0.3) is 11.4 Å². The normalized spacial score (nSPS) is 11.9. The number of nitrogen functional groups attached to an aromatic ring is 1. The fraction of sp³-hybridized carbons (Fsp3) is 0.263. The molecule has 3 rings (SSSR count). The van der Waals surface area contributed by atoms with Gasteiger partial charge < -0.3 is 11.2 Å². The highest BCUT2D eigenvalue weighted by Gasteiger charge is 2.15. The van der Waals surface area contributed by atoms with Crippen LogP contribution in [0.4, 0.5) is 5.69 Å². The summed E-state index contributed by atoms with van der Waals surface area (Å²) in [6, 6.07) is 11.5. The van der Waals surface area contributed by atoms with Gasteiger partial charge in [-0.3, -0.25) is 9.78 Å². The Hall–Kier alpha value is -2.87. The summed E-state index contributed by atoms with van der Waals surface area (Å²) >= 11 is 1.24. The first-order valence-electron chi connectivity index (χ1n) is 8.72. The number of hydrogen-bond donors (Lipinski definition) is 2. The topological polar surface area (TPSA) is 98.7 Å². The quantitative estimate of drug-likeness (QED) is 0.480. The van der Waals surface area contributed by atoms with E-state index in [1.165, 1.54) is 16.4 Å². The van der Waals surface area contributed by atoms with Gasteiger partial charge in [-0.15, -0.1) is 10.2 Å². The van der Waals surface area contributed by atoms with Crippen LogP contribution >= 0.6 is 11.8 Å². The fourth-order valence-electron chi connectivity index (χ4n) is 2.64. The van der Waals surface area contributed by atoms with Crippen molar-refractivity contribution in [2.75, 3.05) is 16.9 Å². The number of nitrogens with two attached hydrogens (primary N) is 1.